The molecule has 1 aromatic rings. The van der Waals surface area contributed by atoms with Crippen LogP contribution in [0.15, 0.2) is 18.2 Å². The summed E-state index contributed by atoms with van der Waals surface area (Å²) in [4.78, 5) is 11.4. The third-order valence-corrected chi connectivity index (χ3v) is 2.55. The number of hydrogen-bond donors (Lipinski definition) is 3. The number of aliphatic hydroxyl groups is 1. The molecular formula is C12H17ClN2O2. The lowest BCUT2D eigenvalue weighted by molar-refractivity contribution is -0.119. The van der Waals surface area contributed by atoms with Crippen molar-refractivity contribution >= 4 is 23.2 Å². The van der Waals surface area contributed by atoms with Gasteiger partial charge in [-0.25, -0.2) is 0 Å². The van der Waals surface area contributed by atoms with Gasteiger partial charge in [-0.15, -0.1) is 0 Å². The molecule has 94 valence electrons. The summed E-state index contributed by atoms with van der Waals surface area (Å²) in [7, 11) is 0. The predicted octanol–water partition coefficient (Wildman–Crippen LogP) is 1.77. The van der Waals surface area contributed by atoms with Crippen LogP contribution in [0.25, 0.3) is 0 Å². The van der Waals surface area contributed by atoms with Crippen molar-refractivity contribution in [1.29, 1.82) is 0 Å². The average molecular weight is 257 g/mol. The van der Waals surface area contributed by atoms with Crippen LogP contribution in [0, 0.1) is 0 Å². The van der Waals surface area contributed by atoms with Gasteiger partial charge >= 0.3 is 0 Å². The van der Waals surface area contributed by atoms with E-state index in [2.05, 4.69) is 10.6 Å². The second-order valence-corrected chi connectivity index (χ2v) is 4.08. The number of rotatable bonds is 6. The number of benzene rings is 1. The minimum Gasteiger partial charge on any atom is -0.392 e. The second-order valence-electron chi connectivity index (χ2n) is 3.68. The minimum atomic E-state index is -0.0719. The number of carbonyl (C=O) groups is 1. The fourth-order valence-corrected chi connectivity index (χ4v) is 1.49. The second kappa shape index (κ2) is 7.14. The first-order chi connectivity index (χ1) is 8.17. The quantitative estimate of drug-likeness (QED) is 0.727. The maximum atomic E-state index is 11.4. The number of hydrogen-bond acceptors (Lipinski definition) is 3. The van der Waals surface area contributed by atoms with Gasteiger partial charge < -0.3 is 15.7 Å². The van der Waals surface area contributed by atoms with Gasteiger partial charge in [-0.1, -0.05) is 24.6 Å². The smallest absolute Gasteiger partial charge is 0.239 e. The van der Waals surface area contributed by atoms with Crippen LogP contribution in [-0.2, 0) is 11.4 Å². The van der Waals surface area contributed by atoms with Crippen molar-refractivity contribution in [2.75, 3.05) is 18.4 Å². The lowest BCUT2D eigenvalue weighted by Gasteiger charge is -2.09. The number of aliphatic hydroxyl groups excluding tert-OH is 1. The van der Waals surface area contributed by atoms with Crippen molar-refractivity contribution in [2.24, 2.45) is 0 Å². The average Bonchev–Trinajstić information content (AvgIpc) is 2.35. The highest BCUT2D eigenvalue weighted by molar-refractivity contribution is 6.33. The van der Waals surface area contributed by atoms with Crippen LogP contribution in [-0.4, -0.2) is 24.1 Å². The Balaban J connectivity index is 2.53. The molecule has 0 aromatic heterocycles. The molecule has 0 spiro atoms. The monoisotopic (exact) mass is 256 g/mol. The van der Waals surface area contributed by atoms with E-state index < -0.39 is 0 Å². The number of anilines is 1. The molecule has 0 aliphatic carbocycles. The van der Waals surface area contributed by atoms with Crippen LogP contribution in [0.5, 0.6) is 0 Å². The van der Waals surface area contributed by atoms with Crippen molar-refractivity contribution in [3.05, 3.63) is 28.8 Å². The number of carbonyl (C=O) groups excluding carboxylic acids is 1. The van der Waals surface area contributed by atoms with Gasteiger partial charge in [-0.2, -0.15) is 0 Å². The molecule has 0 unspecified atom stereocenters. The summed E-state index contributed by atoms with van der Waals surface area (Å²) < 4.78 is 0. The molecule has 3 N–H and O–H groups in total. The van der Waals surface area contributed by atoms with E-state index in [1.54, 1.807) is 18.2 Å². The summed E-state index contributed by atoms with van der Waals surface area (Å²) in [6.07, 6.45) is 0.909. The maximum Gasteiger partial charge on any atom is 0.239 e. The van der Waals surface area contributed by atoms with Crippen LogP contribution in [0.4, 0.5) is 5.69 Å². The number of amides is 1. The molecule has 1 rings (SSSR count). The largest absolute Gasteiger partial charge is 0.392 e. The molecular weight excluding hydrogens is 240 g/mol. The summed E-state index contributed by atoms with van der Waals surface area (Å²) in [6.45, 7) is 2.79. The van der Waals surface area contributed by atoms with Gasteiger partial charge in [-0.3, -0.25) is 4.79 Å². The molecule has 0 saturated heterocycles. The fraction of sp³-hybridized carbons (Fsp3) is 0.417. The van der Waals surface area contributed by atoms with Gasteiger partial charge in [0.05, 0.1) is 23.9 Å². The first kappa shape index (κ1) is 13.8. The Hall–Kier alpha value is -1.26. The van der Waals surface area contributed by atoms with E-state index >= 15 is 0 Å². The summed E-state index contributed by atoms with van der Waals surface area (Å²) in [6, 6.07) is 5.17. The van der Waals surface area contributed by atoms with E-state index in [0.29, 0.717) is 17.3 Å². The van der Waals surface area contributed by atoms with Crippen molar-refractivity contribution in [3.8, 4) is 0 Å². The van der Waals surface area contributed by atoms with Crippen LogP contribution in [0.1, 0.15) is 18.9 Å². The Morgan fingerprint density at radius 1 is 1.47 bits per heavy atom. The number of halogens is 1. The van der Waals surface area contributed by atoms with Crippen LogP contribution in [0.3, 0.4) is 0 Å². The molecule has 0 aliphatic heterocycles. The molecule has 0 bridgehead atoms. The maximum absolute atomic E-state index is 11.4. The fourth-order valence-electron chi connectivity index (χ4n) is 1.31. The van der Waals surface area contributed by atoms with Gasteiger partial charge in [0.2, 0.25) is 5.91 Å². The Morgan fingerprint density at radius 2 is 2.24 bits per heavy atom. The van der Waals surface area contributed by atoms with E-state index in [1.807, 2.05) is 6.92 Å². The van der Waals surface area contributed by atoms with E-state index in [4.69, 9.17) is 16.7 Å². The Kier molecular flexibility index (Phi) is 5.80. The third-order valence-electron chi connectivity index (χ3n) is 2.22. The minimum absolute atomic E-state index is 0.0477. The highest BCUT2D eigenvalue weighted by Crippen LogP contribution is 2.22. The van der Waals surface area contributed by atoms with Crippen LogP contribution < -0.4 is 10.6 Å². The van der Waals surface area contributed by atoms with Crippen molar-refractivity contribution < 1.29 is 9.90 Å². The molecule has 1 aromatic carbocycles. The summed E-state index contributed by atoms with van der Waals surface area (Å²) in [5.74, 6) is -0.0719. The lowest BCUT2D eigenvalue weighted by atomic mass is 10.2. The van der Waals surface area contributed by atoms with Gasteiger partial charge in [0.15, 0.2) is 0 Å². The zero-order valence-corrected chi connectivity index (χ0v) is 10.5. The SMILES string of the molecule is CCCNC(=O)CNc1cc(CO)ccc1Cl. The Labute approximate surface area is 106 Å². The van der Waals surface area contributed by atoms with E-state index in [1.165, 1.54) is 0 Å². The van der Waals surface area contributed by atoms with Gasteiger partial charge in [-0.05, 0) is 24.1 Å². The van der Waals surface area contributed by atoms with E-state index in [9.17, 15) is 4.79 Å². The van der Waals surface area contributed by atoms with Crippen molar-refractivity contribution in [3.63, 3.8) is 0 Å². The predicted molar refractivity (Wildman–Crippen MR) is 69.2 cm³/mol. The van der Waals surface area contributed by atoms with Crippen molar-refractivity contribution in [2.45, 2.75) is 20.0 Å². The number of nitrogens with one attached hydrogen (secondary N) is 2. The zero-order valence-electron chi connectivity index (χ0n) is 9.79. The standard InChI is InChI=1S/C12H17ClN2O2/c1-2-5-14-12(17)7-15-11-6-9(8-16)3-4-10(11)13/h3-4,6,15-16H,2,5,7-8H2,1H3,(H,14,17). The zero-order chi connectivity index (χ0) is 12.7. The van der Waals surface area contributed by atoms with E-state index in [-0.39, 0.29) is 19.1 Å². The van der Waals surface area contributed by atoms with Crippen LogP contribution >= 0.6 is 11.6 Å². The Bertz CT molecular complexity index is 383. The summed E-state index contributed by atoms with van der Waals surface area (Å²) >= 11 is 5.97. The van der Waals surface area contributed by atoms with Crippen molar-refractivity contribution in [1.82, 2.24) is 5.32 Å². The lowest BCUT2D eigenvalue weighted by Crippen LogP contribution is -2.30. The third kappa shape index (κ3) is 4.63. The molecule has 0 heterocycles. The molecule has 0 atom stereocenters. The summed E-state index contributed by atoms with van der Waals surface area (Å²) in [5, 5.41) is 15.2. The van der Waals surface area contributed by atoms with Gasteiger partial charge in [0.1, 0.15) is 0 Å². The summed E-state index contributed by atoms with van der Waals surface area (Å²) in [5.41, 5.74) is 1.41. The van der Waals surface area contributed by atoms with Gasteiger partial charge in [0.25, 0.3) is 0 Å². The molecule has 0 aliphatic rings. The van der Waals surface area contributed by atoms with Gasteiger partial charge in [0, 0.05) is 6.54 Å². The molecule has 0 radical (unpaired) electrons. The van der Waals surface area contributed by atoms with E-state index in [0.717, 1.165) is 12.0 Å². The Morgan fingerprint density at radius 3 is 2.88 bits per heavy atom. The molecule has 4 nitrogen and oxygen atoms in total. The normalized spacial score (nSPS) is 10.1. The highest BCUT2D eigenvalue weighted by Gasteiger charge is 2.04. The molecule has 5 heteroatoms. The highest BCUT2D eigenvalue weighted by atomic mass is 35.5. The topological polar surface area (TPSA) is 61.4 Å². The molecule has 0 fully saturated rings. The first-order valence-corrected chi connectivity index (χ1v) is 5.95. The molecule has 17 heavy (non-hydrogen) atoms. The first-order valence-electron chi connectivity index (χ1n) is 5.57. The van der Waals surface area contributed by atoms with Crippen LogP contribution in [0.2, 0.25) is 5.02 Å². The molecule has 1 amide bonds. The molecule has 0 saturated carbocycles.